The molecule has 0 aromatic carbocycles. The van der Waals surface area contributed by atoms with Gasteiger partial charge in [-0.25, -0.2) is 0 Å². The summed E-state index contributed by atoms with van der Waals surface area (Å²) in [4.78, 5) is 12.9. The van der Waals surface area contributed by atoms with Crippen LogP contribution in [-0.2, 0) is 4.79 Å². The summed E-state index contributed by atoms with van der Waals surface area (Å²) in [5.41, 5.74) is -0.731. The second-order valence-electron chi connectivity index (χ2n) is 4.12. The molecule has 0 unspecified atom stereocenters. The maximum atomic E-state index is 11.0. The van der Waals surface area contributed by atoms with Crippen molar-refractivity contribution in [1.29, 1.82) is 0 Å². The third-order valence-electron chi connectivity index (χ3n) is 2.15. The van der Waals surface area contributed by atoms with Crippen molar-refractivity contribution in [2.24, 2.45) is 5.41 Å². The summed E-state index contributed by atoms with van der Waals surface area (Å²) in [5, 5.41) is 10.1. The number of nitrogens with zero attached hydrogens (tertiary/aromatic N) is 1. The van der Waals surface area contributed by atoms with Gasteiger partial charge in [0.25, 0.3) is 0 Å². The molecule has 1 heterocycles. The number of rotatable bonds is 4. The highest BCUT2D eigenvalue weighted by atomic mass is 79.9. The van der Waals surface area contributed by atoms with Gasteiger partial charge < -0.3 is 10.0 Å². The van der Waals surface area contributed by atoms with Gasteiger partial charge in [-0.2, -0.15) is 0 Å². The maximum absolute atomic E-state index is 11.0. The topological polar surface area (TPSA) is 40.5 Å². The molecule has 0 bridgehead atoms. The van der Waals surface area contributed by atoms with Crippen molar-refractivity contribution in [2.45, 2.75) is 13.8 Å². The average Bonchev–Trinajstić information content (AvgIpc) is 2.50. The lowest BCUT2D eigenvalue weighted by molar-refractivity contribution is -0.146. The zero-order valence-corrected chi connectivity index (χ0v) is 11.4. The number of carboxylic acid groups (broad SMARTS) is 1. The lowest BCUT2D eigenvalue weighted by Gasteiger charge is -2.26. The summed E-state index contributed by atoms with van der Waals surface area (Å²) in [5.74, 6) is -0.773. The van der Waals surface area contributed by atoms with Crippen LogP contribution in [0.3, 0.4) is 0 Å². The van der Waals surface area contributed by atoms with Crippen LogP contribution in [0.15, 0.2) is 15.9 Å². The molecule has 84 valence electrons. The molecule has 5 heteroatoms. The van der Waals surface area contributed by atoms with E-state index < -0.39 is 11.4 Å². The zero-order chi connectivity index (χ0) is 11.6. The SMILES string of the molecule is CN(CC(C)(C)C(=O)O)c1ccc(Br)s1. The van der Waals surface area contributed by atoms with E-state index in [9.17, 15) is 4.79 Å². The normalized spacial score (nSPS) is 11.5. The molecule has 0 aliphatic carbocycles. The maximum Gasteiger partial charge on any atom is 0.310 e. The molecular weight excluding hydrogens is 278 g/mol. The Bertz CT molecular complexity index is 362. The molecule has 0 aliphatic rings. The fourth-order valence-electron chi connectivity index (χ4n) is 1.25. The first-order valence-electron chi connectivity index (χ1n) is 4.53. The van der Waals surface area contributed by atoms with E-state index in [-0.39, 0.29) is 0 Å². The number of carboxylic acids is 1. The van der Waals surface area contributed by atoms with Crippen molar-refractivity contribution >= 4 is 38.2 Å². The summed E-state index contributed by atoms with van der Waals surface area (Å²) in [6.45, 7) is 3.96. The number of anilines is 1. The fourth-order valence-corrected chi connectivity index (χ4v) is 2.57. The van der Waals surface area contributed by atoms with Gasteiger partial charge in [0.05, 0.1) is 14.2 Å². The quantitative estimate of drug-likeness (QED) is 0.927. The van der Waals surface area contributed by atoms with Crippen LogP contribution < -0.4 is 4.90 Å². The molecule has 15 heavy (non-hydrogen) atoms. The first kappa shape index (κ1) is 12.5. The van der Waals surface area contributed by atoms with E-state index in [2.05, 4.69) is 15.9 Å². The third kappa shape index (κ3) is 3.21. The van der Waals surface area contributed by atoms with Crippen LogP contribution in [-0.4, -0.2) is 24.7 Å². The van der Waals surface area contributed by atoms with Crippen molar-refractivity contribution in [2.75, 3.05) is 18.5 Å². The molecule has 0 saturated carbocycles. The number of hydrogen-bond donors (Lipinski definition) is 1. The van der Waals surface area contributed by atoms with E-state index in [0.29, 0.717) is 6.54 Å². The van der Waals surface area contributed by atoms with E-state index in [1.165, 1.54) is 0 Å². The first-order chi connectivity index (χ1) is 6.83. The van der Waals surface area contributed by atoms with Gasteiger partial charge in [-0.3, -0.25) is 4.79 Å². The van der Waals surface area contributed by atoms with Crippen LogP contribution in [0.1, 0.15) is 13.8 Å². The van der Waals surface area contributed by atoms with Crippen molar-refractivity contribution in [3.63, 3.8) is 0 Å². The standard InChI is InChI=1S/C10H14BrNO2S/c1-10(2,9(13)14)6-12(3)8-5-4-7(11)15-8/h4-5H,6H2,1-3H3,(H,13,14). The van der Waals surface area contributed by atoms with Crippen molar-refractivity contribution in [3.8, 4) is 0 Å². The van der Waals surface area contributed by atoms with Crippen LogP contribution in [0.5, 0.6) is 0 Å². The second-order valence-corrected chi connectivity index (χ2v) is 6.56. The molecular formula is C10H14BrNO2S. The molecule has 0 radical (unpaired) electrons. The first-order valence-corrected chi connectivity index (χ1v) is 6.14. The van der Waals surface area contributed by atoms with E-state index in [0.717, 1.165) is 8.79 Å². The number of halogens is 1. The van der Waals surface area contributed by atoms with Gasteiger partial charge in [0.15, 0.2) is 0 Å². The van der Waals surface area contributed by atoms with Gasteiger partial charge in [0.2, 0.25) is 0 Å². The smallest absolute Gasteiger partial charge is 0.310 e. The number of hydrogen-bond acceptors (Lipinski definition) is 3. The van der Waals surface area contributed by atoms with E-state index in [1.54, 1.807) is 25.2 Å². The molecule has 1 N–H and O–H groups in total. The molecule has 3 nitrogen and oxygen atoms in total. The Morgan fingerprint density at radius 3 is 2.60 bits per heavy atom. The Labute approximate surface area is 102 Å². The molecule has 0 fully saturated rings. The Kier molecular flexibility index (Phi) is 3.78. The molecule has 0 aliphatic heterocycles. The second kappa shape index (κ2) is 4.53. The Morgan fingerprint density at radius 2 is 2.20 bits per heavy atom. The molecule has 1 rings (SSSR count). The number of carbonyl (C=O) groups is 1. The van der Waals surface area contributed by atoms with E-state index in [4.69, 9.17) is 5.11 Å². The lowest BCUT2D eigenvalue weighted by Crippen LogP contribution is -2.36. The summed E-state index contributed by atoms with van der Waals surface area (Å²) in [7, 11) is 1.91. The number of thiophene rings is 1. The van der Waals surface area contributed by atoms with Crippen molar-refractivity contribution < 1.29 is 9.90 Å². The highest BCUT2D eigenvalue weighted by molar-refractivity contribution is 9.11. The molecule has 0 saturated heterocycles. The van der Waals surface area contributed by atoms with Crippen LogP contribution in [0, 0.1) is 5.41 Å². The van der Waals surface area contributed by atoms with Crippen LogP contribution >= 0.6 is 27.3 Å². The van der Waals surface area contributed by atoms with Crippen LogP contribution in [0.25, 0.3) is 0 Å². The molecule has 1 aromatic rings. The van der Waals surface area contributed by atoms with E-state index in [1.807, 2.05) is 24.1 Å². The molecule has 1 aromatic heterocycles. The van der Waals surface area contributed by atoms with Gasteiger partial charge in [-0.1, -0.05) is 0 Å². The summed E-state index contributed by atoms with van der Waals surface area (Å²) in [6.07, 6.45) is 0. The van der Waals surface area contributed by atoms with Crippen molar-refractivity contribution in [3.05, 3.63) is 15.9 Å². The van der Waals surface area contributed by atoms with Gasteiger partial charge in [-0.05, 0) is 41.9 Å². The molecule has 0 amide bonds. The monoisotopic (exact) mass is 291 g/mol. The minimum absolute atomic E-state index is 0.495. The zero-order valence-electron chi connectivity index (χ0n) is 8.95. The number of aliphatic carboxylic acids is 1. The molecule has 0 spiro atoms. The summed E-state index contributed by atoms with van der Waals surface area (Å²) < 4.78 is 1.05. The predicted octanol–water partition coefficient (Wildman–Crippen LogP) is 3.06. The molecule has 0 atom stereocenters. The minimum atomic E-state index is -0.773. The van der Waals surface area contributed by atoms with Gasteiger partial charge in [0.1, 0.15) is 0 Å². The van der Waals surface area contributed by atoms with Gasteiger partial charge >= 0.3 is 5.97 Å². The van der Waals surface area contributed by atoms with Crippen LogP contribution in [0.2, 0.25) is 0 Å². The average molecular weight is 292 g/mol. The third-order valence-corrected chi connectivity index (χ3v) is 3.88. The largest absolute Gasteiger partial charge is 0.481 e. The summed E-state index contributed by atoms with van der Waals surface area (Å²) >= 11 is 4.98. The van der Waals surface area contributed by atoms with Gasteiger partial charge in [0, 0.05) is 13.6 Å². The Balaban J connectivity index is 2.71. The highest BCUT2D eigenvalue weighted by Crippen LogP contribution is 2.31. The van der Waals surface area contributed by atoms with Gasteiger partial charge in [-0.15, -0.1) is 11.3 Å². The predicted molar refractivity (Wildman–Crippen MR) is 66.7 cm³/mol. The van der Waals surface area contributed by atoms with Crippen LogP contribution in [0.4, 0.5) is 5.00 Å². The minimum Gasteiger partial charge on any atom is -0.481 e. The lowest BCUT2D eigenvalue weighted by atomic mass is 9.93. The highest BCUT2D eigenvalue weighted by Gasteiger charge is 2.29. The van der Waals surface area contributed by atoms with E-state index >= 15 is 0 Å². The fraction of sp³-hybridized carbons (Fsp3) is 0.500. The summed E-state index contributed by atoms with van der Waals surface area (Å²) in [6, 6.07) is 3.94. The van der Waals surface area contributed by atoms with Crippen molar-refractivity contribution in [1.82, 2.24) is 0 Å². The Hall–Kier alpha value is -0.550. The Morgan fingerprint density at radius 1 is 1.60 bits per heavy atom.